The van der Waals surface area contributed by atoms with Gasteiger partial charge in [-0.3, -0.25) is 0 Å². The van der Waals surface area contributed by atoms with Crippen molar-refractivity contribution >= 4 is 10.8 Å². The molecule has 0 N–H and O–H groups in total. The lowest BCUT2D eigenvalue weighted by Gasteiger charge is -2.03. The zero-order valence-corrected chi connectivity index (χ0v) is 10.5. The minimum absolute atomic E-state index is 0.441. The molecule has 0 saturated carbocycles. The standard InChI is InChI=1S/C18H8N2/c19-9-12-7-16-14-5-1-3-11-4-2-6-15(18(11)14)17(16)8-13(12)10-20/h1-8H. The first-order chi connectivity index (χ1) is 9.83. The van der Waals surface area contributed by atoms with E-state index in [2.05, 4.69) is 36.4 Å². The van der Waals surface area contributed by atoms with Crippen LogP contribution in [0.1, 0.15) is 11.1 Å². The highest BCUT2D eigenvalue weighted by Crippen LogP contribution is 2.47. The van der Waals surface area contributed by atoms with Gasteiger partial charge >= 0.3 is 0 Å². The van der Waals surface area contributed by atoms with Crippen molar-refractivity contribution in [1.29, 1.82) is 10.5 Å². The maximum atomic E-state index is 9.19. The van der Waals surface area contributed by atoms with E-state index in [4.69, 9.17) is 0 Å². The molecule has 2 nitrogen and oxygen atoms in total. The van der Waals surface area contributed by atoms with Crippen LogP contribution in [0.2, 0.25) is 0 Å². The van der Waals surface area contributed by atoms with E-state index < -0.39 is 0 Å². The van der Waals surface area contributed by atoms with Crippen molar-refractivity contribution in [3.8, 4) is 34.4 Å². The summed E-state index contributed by atoms with van der Waals surface area (Å²) < 4.78 is 0. The number of fused-ring (bicyclic) bond motifs is 3. The minimum Gasteiger partial charge on any atom is -0.192 e. The molecule has 20 heavy (non-hydrogen) atoms. The Morgan fingerprint density at radius 2 is 1.15 bits per heavy atom. The normalized spacial score (nSPS) is 10.9. The van der Waals surface area contributed by atoms with Crippen LogP contribution < -0.4 is 0 Å². The van der Waals surface area contributed by atoms with Gasteiger partial charge in [-0.2, -0.15) is 10.5 Å². The molecule has 90 valence electrons. The molecule has 0 heterocycles. The summed E-state index contributed by atoms with van der Waals surface area (Å²) in [5.41, 5.74) is 5.27. The second-order valence-corrected chi connectivity index (χ2v) is 4.88. The lowest BCUT2D eigenvalue weighted by Crippen LogP contribution is -1.86. The maximum Gasteiger partial charge on any atom is 0.101 e. The van der Waals surface area contributed by atoms with E-state index in [1.165, 1.54) is 10.8 Å². The summed E-state index contributed by atoms with van der Waals surface area (Å²) in [4.78, 5) is 0. The molecule has 0 amide bonds. The van der Waals surface area contributed by atoms with E-state index in [1.54, 1.807) is 0 Å². The number of hydrogen-bond acceptors (Lipinski definition) is 2. The summed E-state index contributed by atoms with van der Waals surface area (Å²) >= 11 is 0. The van der Waals surface area contributed by atoms with E-state index >= 15 is 0 Å². The molecule has 0 aromatic heterocycles. The molecule has 3 aromatic carbocycles. The quantitative estimate of drug-likeness (QED) is 0.470. The highest BCUT2D eigenvalue weighted by molar-refractivity contribution is 6.15. The van der Waals surface area contributed by atoms with E-state index in [0.29, 0.717) is 11.1 Å². The summed E-state index contributed by atoms with van der Waals surface area (Å²) in [5, 5.41) is 20.8. The van der Waals surface area contributed by atoms with E-state index in [-0.39, 0.29) is 0 Å². The fourth-order valence-corrected chi connectivity index (χ4v) is 3.02. The summed E-state index contributed by atoms with van der Waals surface area (Å²) in [6.07, 6.45) is 0. The maximum absolute atomic E-state index is 9.19. The molecule has 0 radical (unpaired) electrons. The van der Waals surface area contributed by atoms with E-state index in [9.17, 15) is 10.5 Å². The first kappa shape index (κ1) is 10.8. The van der Waals surface area contributed by atoms with Crippen LogP contribution in [0, 0.1) is 22.7 Å². The number of nitrogens with zero attached hydrogens (tertiary/aromatic N) is 2. The number of hydrogen-bond donors (Lipinski definition) is 0. The number of rotatable bonds is 0. The SMILES string of the molecule is N#Cc1cc2c(cc1C#N)-c1cccc3cccc-2c13. The molecule has 0 spiro atoms. The van der Waals surface area contributed by atoms with Crippen LogP contribution in [0.4, 0.5) is 0 Å². The fraction of sp³-hybridized carbons (Fsp3) is 0. The van der Waals surface area contributed by atoms with Crippen LogP contribution in [0.5, 0.6) is 0 Å². The third-order valence-electron chi connectivity index (χ3n) is 3.88. The van der Waals surface area contributed by atoms with Crippen molar-refractivity contribution in [2.75, 3.05) is 0 Å². The van der Waals surface area contributed by atoms with Crippen LogP contribution in [0.15, 0.2) is 48.5 Å². The zero-order valence-electron chi connectivity index (χ0n) is 10.5. The highest BCUT2D eigenvalue weighted by Gasteiger charge is 2.22. The van der Waals surface area contributed by atoms with Gasteiger partial charge in [0, 0.05) is 0 Å². The third kappa shape index (κ3) is 1.20. The van der Waals surface area contributed by atoms with Crippen LogP contribution in [0.3, 0.4) is 0 Å². The van der Waals surface area contributed by atoms with Crippen molar-refractivity contribution < 1.29 is 0 Å². The zero-order chi connectivity index (χ0) is 13.7. The summed E-state index contributed by atoms with van der Waals surface area (Å²) in [6, 6.07) is 20.3. The van der Waals surface area contributed by atoms with Gasteiger partial charge in [-0.1, -0.05) is 36.4 Å². The topological polar surface area (TPSA) is 47.6 Å². The van der Waals surface area contributed by atoms with Gasteiger partial charge in [-0.05, 0) is 45.2 Å². The molecule has 0 fully saturated rings. The molecule has 2 heteroatoms. The van der Waals surface area contributed by atoms with Crippen molar-refractivity contribution in [3.05, 3.63) is 59.7 Å². The first-order valence-corrected chi connectivity index (χ1v) is 6.34. The molecule has 0 atom stereocenters. The molecular formula is C18H8N2. The van der Waals surface area contributed by atoms with Gasteiger partial charge in [-0.25, -0.2) is 0 Å². The largest absolute Gasteiger partial charge is 0.192 e. The summed E-state index contributed by atoms with van der Waals surface area (Å²) in [5.74, 6) is 0. The Morgan fingerprint density at radius 3 is 1.60 bits per heavy atom. The van der Waals surface area contributed by atoms with Crippen molar-refractivity contribution in [1.82, 2.24) is 0 Å². The summed E-state index contributed by atoms with van der Waals surface area (Å²) in [7, 11) is 0. The van der Waals surface area contributed by atoms with E-state index in [0.717, 1.165) is 22.3 Å². The van der Waals surface area contributed by atoms with Crippen LogP contribution in [-0.4, -0.2) is 0 Å². The second kappa shape index (κ2) is 3.70. The van der Waals surface area contributed by atoms with E-state index in [1.807, 2.05) is 24.3 Å². The summed E-state index contributed by atoms with van der Waals surface area (Å²) in [6.45, 7) is 0. The third-order valence-corrected chi connectivity index (χ3v) is 3.88. The van der Waals surface area contributed by atoms with Crippen molar-refractivity contribution in [2.45, 2.75) is 0 Å². The Balaban J connectivity index is 2.20. The Bertz CT molecular complexity index is 893. The molecule has 1 aliphatic carbocycles. The van der Waals surface area contributed by atoms with Gasteiger partial charge in [0.15, 0.2) is 0 Å². The molecule has 0 unspecified atom stereocenters. The van der Waals surface area contributed by atoms with Crippen LogP contribution in [0.25, 0.3) is 33.0 Å². The molecule has 0 bridgehead atoms. The molecule has 4 rings (SSSR count). The monoisotopic (exact) mass is 252 g/mol. The number of nitriles is 2. The Labute approximate surface area is 116 Å². The molecule has 0 aliphatic heterocycles. The smallest absolute Gasteiger partial charge is 0.101 e. The highest BCUT2D eigenvalue weighted by atomic mass is 14.3. The van der Waals surface area contributed by atoms with Crippen LogP contribution >= 0.6 is 0 Å². The molecule has 1 aliphatic rings. The second-order valence-electron chi connectivity index (χ2n) is 4.88. The van der Waals surface area contributed by atoms with Gasteiger partial charge in [0.2, 0.25) is 0 Å². The van der Waals surface area contributed by atoms with Gasteiger partial charge in [0.25, 0.3) is 0 Å². The van der Waals surface area contributed by atoms with Crippen molar-refractivity contribution in [2.24, 2.45) is 0 Å². The lowest BCUT2D eigenvalue weighted by atomic mass is 9.98. The van der Waals surface area contributed by atoms with Gasteiger partial charge in [0.1, 0.15) is 12.1 Å². The van der Waals surface area contributed by atoms with Gasteiger partial charge in [-0.15, -0.1) is 0 Å². The average Bonchev–Trinajstić information content (AvgIpc) is 2.82. The first-order valence-electron chi connectivity index (χ1n) is 6.34. The predicted molar refractivity (Wildman–Crippen MR) is 77.8 cm³/mol. The Morgan fingerprint density at radius 1 is 0.650 bits per heavy atom. The van der Waals surface area contributed by atoms with Gasteiger partial charge < -0.3 is 0 Å². The molecular weight excluding hydrogens is 244 g/mol. The predicted octanol–water partition coefficient (Wildman–Crippen LogP) is 4.23. The van der Waals surface area contributed by atoms with Crippen molar-refractivity contribution in [3.63, 3.8) is 0 Å². The van der Waals surface area contributed by atoms with Gasteiger partial charge in [0.05, 0.1) is 11.1 Å². The lowest BCUT2D eigenvalue weighted by molar-refractivity contribution is 1.43. The molecule has 3 aromatic rings. The minimum atomic E-state index is 0.441. The molecule has 0 saturated heterocycles. The fourth-order valence-electron chi connectivity index (χ4n) is 3.02. The Hall–Kier alpha value is -3.10. The Kier molecular flexibility index (Phi) is 1.99. The van der Waals surface area contributed by atoms with Crippen LogP contribution in [-0.2, 0) is 0 Å². The average molecular weight is 252 g/mol. The number of benzene rings is 3.